The molecule has 0 saturated carbocycles. The highest BCUT2D eigenvalue weighted by molar-refractivity contribution is 7.19. The summed E-state index contributed by atoms with van der Waals surface area (Å²) in [5, 5.41) is 4.71. The number of rotatable bonds is 7. The first-order valence-electron chi connectivity index (χ1n) is 10.7. The van der Waals surface area contributed by atoms with Crippen LogP contribution in [0.25, 0.3) is 10.2 Å². The van der Waals surface area contributed by atoms with Crippen LogP contribution in [0.15, 0.2) is 18.2 Å². The lowest BCUT2D eigenvalue weighted by atomic mass is 9.97. The van der Waals surface area contributed by atoms with Crippen molar-refractivity contribution in [2.24, 2.45) is 0 Å². The number of hydrogen-bond acceptors (Lipinski definition) is 8. The minimum absolute atomic E-state index is 0.200. The molecular weight excluding hydrogens is 414 g/mol. The number of nitrogens with zero attached hydrogens (tertiary/aromatic N) is 2. The van der Waals surface area contributed by atoms with Crippen molar-refractivity contribution in [3.8, 4) is 11.5 Å². The monoisotopic (exact) mass is 439 g/mol. The maximum Gasteiger partial charge on any atom is 0.305 e. The van der Waals surface area contributed by atoms with Crippen molar-refractivity contribution in [1.29, 1.82) is 0 Å². The summed E-state index contributed by atoms with van der Waals surface area (Å²) < 4.78 is 15.7. The Kier molecular flexibility index (Phi) is 5.63. The first kappa shape index (κ1) is 20.1. The van der Waals surface area contributed by atoms with E-state index in [2.05, 4.69) is 5.32 Å². The van der Waals surface area contributed by atoms with Crippen LogP contribution in [0.2, 0.25) is 0 Å². The number of aryl methyl sites for hydroxylation is 3. The van der Waals surface area contributed by atoms with Crippen LogP contribution in [0.1, 0.15) is 47.5 Å². The topological polar surface area (TPSA) is 82.6 Å². The standard InChI is InChI=1S/C23H25N3O4S/c1-28-20(27)8-4-7-19-25-22(21-15-5-2-3-6-18(15)31-23(21)26-19)24-12-14-9-10-16-17(11-14)30-13-29-16/h9-11H,2-8,12-13H2,1H3,(H,24,25,26). The van der Waals surface area contributed by atoms with Crippen molar-refractivity contribution in [1.82, 2.24) is 9.97 Å². The third-order valence-corrected chi connectivity index (χ3v) is 6.95. The molecule has 0 fully saturated rings. The molecule has 162 valence electrons. The van der Waals surface area contributed by atoms with Crippen LogP contribution >= 0.6 is 11.3 Å². The average Bonchev–Trinajstić information content (AvgIpc) is 3.41. The number of thiophene rings is 1. The molecule has 0 amide bonds. The van der Waals surface area contributed by atoms with Gasteiger partial charge < -0.3 is 19.5 Å². The Labute approximate surface area is 184 Å². The number of benzene rings is 1. The Balaban J connectivity index is 1.42. The van der Waals surface area contributed by atoms with Gasteiger partial charge in [0.2, 0.25) is 6.79 Å². The number of hydrogen-bond donors (Lipinski definition) is 1. The average molecular weight is 440 g/mol. The number of esters is 1. The molecule has 31 heavy (non-hydrogen) atoms. The molecule has 0 unspecified atom stereocenters. The van der Waals surface area contributed by atoms with Crippen molar-refractivity contribution >= 4 is 33.3 Å². The Morgan fingerprint density at radius 3 is 2.97 bits per heavy atom. The lowest BCUT2D eigenvalue weighted by Gasteiger charge is -2.13. The molecular formula is C23H25N3O4S. The second-order valence-electron chi connectivity index (χ2n) is 7.85. The lowest BCUT2D eigenvalue weighted by Crippen LogP contribution is -2.07. The molecule has 1 aliphatic carbocycles. The Hall–Kier alpha value is -2.87. The maximum atomic E-state index is 11.5. The minimum Gasteiger partial charge on any atom is -0.469 e. The maximum absolute atomic E-state index is 11.5. The molecule has 1 N–H and O–H groups in total. The zero-order chi connectivity index (χ0) is 21.2. The molecule has 3 aromatic rings. The number of fused-ring (bicyclic) bond motifs is 4. The molecule has 0 saturated heterocycles. The van der Waals surface area contributed by atoms with Crippen LogP contribution in [-0.2, 0) is 35.3 Å². The third-order valence-electron chi connectivity index (χ3n) is 5.77. The number of ether oxygens (including phenoxy) is 3. The van der Waals surface area contributed by atoms with Gasteiger partial charge in [-0.25, -0.2) is 9.97 Å². The van der Waals surface area contributed by atoms with Gasteiger partial charge in [-0.1, -0.05) is 6.07 Å². The summed E-state index contributed by atoms with van der Waals surface area (Å²) in [6, 6.07) is 5.99. The zero-order valence-corrected chi connectivity index (χ0v) is 18.3. The second-order valence-corrected chi connectivity index (χ2v) is 8.93. The Bertz CT molecular complexity index is 1130. The fourth-order valence-corrected chi connectivity index (χ4v) is 5.45. The third kappa shape index (κ3) is 4.17. The van der Waals surface area contributed by atoms with Crippen LogP contribution in [0.3, 0.4) is 0 Å². The summed E-state index contributed by atoms with van der Waals surface area (Å²) in [5.41, 5.74) is 2.51. The van der Waals surface area contributed by atoms with E-state index in [1.807, 2.05) is 18.2 Å². The van der Waals surface area contributed by atoms with Gasteiger partial charge in [0.1, 0.15) is 16.5 Å². The zero-order valence-electron chi connectivity index (χ0n) is 17.5. The van der Waals surface area contributed by atoms with E-state index in [1.165, 1.54) is 30.4 Å². The van der Waals surface area contributed by atoms with E-state index in [-0.39, 0.29) is 12.8 Å². The fraction of sp³-hybridized carbons (Fsp3) is 0.435. The van der Waals surface area contributed by atoms with E-state index in [0.717, 1.165) is 51.8 Å². The van der Waals surface area contributed by atoms with E-state index < -0.39 is 0 Å². The summed E-state index contributed by atoms with van der Waals surface area (Å²) >= 11 is 1.79. The van der Waals surface area contributed by atoms with Crippen molar-refractivity contribution in [2.45, 2.75) is 51.5 Å². The number of aromatic nitrogens is 2. The van der Waals surface area contributed by atoms with Crippen LogP contribution < -0.4 is 14.8 Å². The van der Waals surface area contributed by atoms with E-state index in [9.17, 15) is 4.79 Å². The molecule has 1 aromatic carbocycles. The fourth-order valence-electron chi connectivity index (χ4n) is 4.17. The SMILES string of the molecule is COC(=O)CCCc1nc(NCc2ccc3c(c2)OCO3)c2c3c(sc2n1)CCCC3. The van der Waals surface area contributed by atoms with Gasteiger partial charge >= 0.3 is 5.97 Å². The van der Waals surface area contributed by atoms with Gasteiger partial charge in [-0.15, -0.1) is 11.3 Å². The number of carbonyl (C=O) groups is 1. The van der Waals surface area contributed by atoms with Gasteiger partial charge in [0.05, 0.1) is 12.5 Å². The van der Waals surface area contributed by atoms with Crippen LogP contribution in [0.4, 0.5) is 5.82 Å². The number of carbonyl (C=O) groups excluding carboxylic acids is 1. The molecule has 1 aliphatic heterocycles. The molecule has 5 rings (SSSR count). The van der Waals surface area contributed by atoms with Crippen molar-refractivity contribution in [3.63, 3.8) is 0 Å². The van der Waals surface area contributed by atoms with Gasteiger partial charge in [-0.2, -0.15) is 0 Å². The molecule has 8 heteroatoms. The normalized spacial score (nSPS) is 14.5. The smallest absolute Gasteiger partial charge is 0.305 e. The molecule has 7 nitrogen and oxygen atoms in total. The van der Waals surface area contributed by atoms with Crippen molar-refractivity contribution in [2.75, 3.05) is 19.2 Å². The van der Waals surface area contributed by atoms with E-state index in [1.54, 1.807) is 11.3 Å². The predicted molar refractivity (Wildman–Crippen MR) is 119 cm³/mol. The van der Waals surface area contributed by atoms with Crippen molar-refractivity contribution < 1.29 is 19.0 Å². The molecule has 0 atom stereocenters. The number of methoxy groups -OCH3 is 1. The van der Waals surface area contributed by atoms with Gasteiger partial charge in [0.25, 0.3) is 0 Å². The van der Waals surface area contributed by atoms with Crippen LogP contribution in [0.5, 0.6) is 11.5 Å². The van der Waals surface area contributed by atoms with Crippen molar-refractivity contribution in [3.05, 3.63) is 40.0 Å². The highest BCUT2D eigenvalue weighted by atomic mass is 32.1. The molecule has 3 heterocycles. The van der Waals surface area contributed by atoms with Crippen LogP contribution in [-0.4, -0.2) is 29.8 Å². The molecule has 0 bridgehead atoms. The minimum atomic E-state index is -0.200. The number of nitrogens with one attached hydrogen (secondary N) is 1. The Morgan fingerprint density at radius 1 is 1.19 bits per heavy atom. The predicted octanol–water partition coefficient (Wildman–Crippen LogP) is 4.41. The van der Waals surface area contributed by atoms with Gasteiger partial charge in [-0.3, -0.25) is 4.79 Å². The van der Waals surface area contributed by atoms with E-state index >= 15 is 0 Å². The highest BCUT2D eigenvalue weighted by Crippen LogP contribution is 2.39. The molecule has 0 radical (unpaired) electrons. The lowest BCUT2D eigenvalue weighted by molar-refractivity contribution is -0.140. The second kappa shape index (κ2) is 8.70. The van der Waals surface area contributed by atoms with Gasteiger partial charge in [0.15, 0.2) is 11.5 Å². The number of anilines is 1. The largest absolute Gasteiger partial charge is 0.469 e. The summed E-state index contributed by atoms with van der Waals surface area (Å²) in [5.74, 6) is 3.02. The summed E-state index contributed by atoms with van der Waals surface area (Å²) in [4.78, 5) is 23.7. The summed E-state index contributed by atoms with van der Waals surface area (Å²) in [6.07, 6.45) is 6.34. The summed E-state index contributed by atoms with van der Waals surface area (Å²) in [6.45, 7) is 0.906. The molecule has 2 aliphatic rings. The molecule has 2 aromatic heterocycles. The van der Waals surface area contributed by atoms with E-state index in [4.69, 9.17) is 24.2 Å². The Morgan fingerprint density at radius 2 is 2.06 bits per heavy atom. The summed E-state index contributed by atoms with van der Waals surface area (Å²) in [7, 11) is 1.42. The van der Waals surface area contributed by atoms with Gasteiger partial charge in [-0.05, 0) is 55.4 Å². The van der Waals surface area contributed by atoms with Gasteiger partial charge in [0, 0.05) is 24.3 Å². The van der Waals surface area contributed by atoms with E-state index in [0.29, 0.717) is 25.8 Å². The quantitative estimate of drug-likeness (QED) is 0.546. The first-order valence-corrected chi connectivity index (χ1v) is 11.5. The molecule has 0 spiro atoms. The first-order chi connectivity index (χ1) is 15.2. The highest BCUT2D eigenvalue weighted by Gasteiger charge is 2.21. The van der Waals surface area contributed by atoms with Crippen LogP contribution in [0, 0.1) is 0 Å².